The molecule has 0 amide bonds. The SMILES string of the molecule is CCCc1cc(C2C=CC(NC)=CC2)cc2ccncc12. The Bertz CT molecular complexity index is 698. The Balaban J connectivity index is 2.00. The lowest BCUT2D eigenvalue weighted by Crippen LogP contribution is -2.08. The zero-order valence-corrected chi connectivity index (χ0v) is 12.8. The molecule has 1 aliphatic carbocycles. The summed E-state index contributed by atoms with van der Waals surface area (Å²) in [4.78, 5) is 4.29. The van der Waals surface area contributed by atoms with Crippen molar-refractivity contribution in [2.24, 2.45) is 0 Å². The van der Waals surface area contributed by atoms with Crippen molar-refractivity contribution < 1.29 is 0 Å². The molecule has 2 aromatic rings. The summed E-state index contributed by atoms with van der Waals surface area (Å²) in [6.45, 7) is 2.23. The molecule has 0 radical (unpaired) electrons. The Morgan fingerprint density at radius 3 is 2.95 bits per heavy atom. The van der Waals surface area contributed by atoms with Crippen LogP contribution in [0.15, 0.2) is 54.5 Å². The van der Waals surface area contributed by atoms with Crippen LogP contribution in [0.5, 0.6) is 0 Å². The maximum atomic E-state index is 4.29. The predicted molar refractivity (Wildman–Crippen MR) is 89.4 cm³/mol. The van der Waals surface area contributed by atoms with Gasteiger partial charge in [-0.05, 0) is 41.5 Å². The van der Waals surface area contributed by atoms with Crippen molar-refractivity contribution in [2.45, 2.75) is 32.1 Å². The van der Waals surface area contributed by atoms with Crippen LogP contribution in [0.4, 0.5) is 0 Å². The Morgan fingerprint density at radius 1 is 1.33 bits per heavy atom. The van der Waals surface area contributed by atoms with Crippen LogP contribution in [0.1, 0.15) is 36.8 Å². The first-order valence-electron chi connectivity index (χ1n) is 7.74. The first kappa shape index (κ1) is 13.9. The maximum Gasteiger partial charge on any atom is 0.0349 e. The summed E-state index contributed by atoms with van der Waals surface area (Å²) in [6.07, 6.45) is 14.0. The Morgan fingerprint density at radius 2 is 2.24 bits per heavy atom. The molecular weight excluding hydrogens is 256 g/mol. The second-order valence-electron chi connectivity index (χ2n) is 5.64. The number of hydrogen-bond acceptors (Lipinski definition) is 2. The third kappa shape index (κ3) is 2.85. The molecule has 1 heterocycles. The number of allylic oxidation sites excluding steroid dienone is 3. The van der Waals surface area contributed by atoms with E-state index in [1.165, 1.54) is 27.6 Å². The van der Waals surface area contributed by atoms with Crippen molar-refractivity contribution in [2.75, 3.05) is 7.05 Å². The van der Waals surface area contributed by atoms with Crippen molar-refractivity contribution in [3.8, 4) is 0 Å². The van der Waals surface area contributed by atoms with Crippen LogP contribution < -0.4 is 5.32 Å². The highest BCUT2D eigenvalue weighted by molar-refractivity contribution is 5.85. The normalized spacial score (nSPS) is 17.8. The summed E-state index contributed by atoms with van der Waals surface area (Å²) in [6, 6.07) is 6.82. The van der Waals surface area contributed by atoms with Gasteiger partial charge in [0.05, 0.1) is 0 Å². The van der Waals surface area contributed by atoms with E-state index in [2.05, 4.69) is 53.7 Å². The molecule has 0 saturated heterocycles. The van der Waals surface area contributed by atoms with Crippen LogP contribution in [0.2, 0.25) is 0 Å². The minimum atomic E-state index is 0.482. The molecule has 2 nitrogen and oxygen atoms in total. The summed E-state index contributed by atoms with van der Waals surface area (Å²) >= 11 is 0. The van der Waals surface area contributed by atoms with Gasteiger partial charge < -0.3 is 5.32 Å². The van der Waals surface area contributed by atoms with E-state index < -0.39 is 0 Å². The molecule has 1 aromatic carbocycles. The molecule has 1 atom stereocenters. The lowest BCUT2D eigenvalue weighted by Gasteiger charge is -2.18. The predicted octanol–water partition coefficient (Wildman–Crippen LogP) is 4.33. The number of fused-ring (bicyclic) bond motifs is 1. The van der Waals surface area contributed by atoms with Gasteiger partial charge in [-0.2, -0.15) is 0 Å². The maximum absolute atomic E-state index is 4.29. The Hall–Kier alpha value is -2.09. The Labute approximate surface area is 126 Å². The lowest BCUT2D eigenvalue weighted by atomic mass is 9.88. The van der Waals surface area contributed by atoms with Crippen LogP contribution in [0, 0.1) is 0 Å². The molecule has 1 aromatic heterocycles. The van der Waals surface area contributed by atoms with E-state index >= 15 is 0 Å². The fourth-order valence-corrected chi connectivity index (χ4v) is 3.04. The van der Waals surface area contributed by atoms with Crippen LogP contribution in [0.3, 0.4) is 0 Å². The molecule has 2 heteroatoms. The fourth-order valence-electron chi connectivity index (χ4n) is 3.04. The molecule has 0 spiro atoms. The third-order valence-electron chi connectivity index (χ3n) is 4.20. The van der Waals surface area contributed by atoms with E-state index in [0.29, 0.717) is 5.92 Å². The van der Waals surface area contributed by atoms with E-state index in [9.17, 15) is 0 Å². The van der Waals surface area contributed by atoms with Crippen molar-refractivity contribution in [1.82, 2.24) is 10.3 Å². The van der Waals surface area contributed by atoms with Crippen molar-refractivity contribution in [3.05, 3.63) is 65.6 Å². The number of aromatic nitrogens is 1. The zero-order chi connectivity index (χ0) is 14.7. The second-order valence-corrected chi connectivity index (χ2v) is 5.64. The number of hydrogen-bond donors (Lipinski definition) is 1. The van der Waals surface area contributed by atoms with E-state index in [0.717, 1.165) is 19.3 Å². The van der Waals surface area contributed by atoms with Crippen LogP contribution in [-0.2, 0) is 6.42 Å². The summed E-state index contributed by atoms with van der Waals surface area (Å²) < 4.78 is 0. The highest BCUT2D eigenvalue weighted by Crippen LogP contribution is 2.31. The monoisotopic (exact) mass is 278 g/mol. The standard InChI is InChI=1S/C19H22N2/c1-3-4-15-11-17(12-16-9-10-21-13-19(15)16)14-5-7-18(20-2)8-6-14/h5,7-14,20H,3-4,6H2,1-2H3. The molecule has 1 aliphatic rings. The second kappa shape index (κ2) is 6.13. The Kier molecular flexibility index (Phi) is 4.05. The molecule has 108 valence electrons. The number of likely N-dealkylation sites (N-methyl/N-ethyl adjacent to an activating group) is 1. The first-order chi connectivity index (χ1) is 10.3. The van der Waals surface area contributed by atoms with Gasteiger partial charge in [-0.15, -0.1) is 0 Å². The van der Waals surface area contributed by atoms with Gasteiger partial charge in [-0.3, -0.25) is 4.98 Å². The van der Waals surface area contributed by atoms with Crippen molar-refractivity contribution in [1.29, 1.82) is 0 Å². The van der Waals surface area contributed by atoms with E-state index in [1.807, 2.05) is 19.4 Å². The minimum Gasteiger partial charge on any atom is -0.388 e. The molecular formula is C19H22N2. The topological polar surface area (TPSA) is 24.9 Å². The molecule has 0 saturated carbocycles. The average molecular weight is 278 g/mol. The third-order valence-corrected chi connectivity index (χ3v) is 4.20. The van der Waals surface area contributed by atoms with Gasteiger partial charge in [0.1, 0.15) is 0 Å². The van der Waals surface area contributed by atoms with Gasteiger partial charge in [-0.25, -0.2) is 0 Å². The van der Waals surface area contributed by atoms with Gasteiger partial charge in [0.25, 0.3) is 0 Å². The number of benzene rings is 1. The number of nitrogens with zero attached hydrogens (tertiary/aromatic N) is 1. The van der Waals surface area contributed by atoms with E-state index in [-0.39, 0.29) is 0 Å². The summed E-state index contributed by atoms with van der Waals surface area (Å²) in [5.74, 6) is 0.482. The molecule has 1 N–H and O–H groups in total. The van der Waals surface area contributed by atoms with Crippen LogP contribution in [0.25, 0.3) is 10.8 Å². The van der Waals surface area contributed by atoms with Crippen LogP contribution in [-0.4, -0.2) is 12.0 Å². The molecule has 0 fully saturated rings. The highest BCUT2D eigenvalue weighted by atomic mass is 14.8. The number of nitrogens with one attached hydrogen (secondary N) is 1. The first-order valence-corrected chi connectivity index (χ1v) is 7.74. The fraction of sp³-hybridized carbons (Fsp3) is 0.316. The smallest absolute Gasteiger partial charge is 0.0349 e. The highest BCUT2D eigenvalue weighted by Gasteiger charge is 2.13. The molecule has 1 unspecified atom stereocenters. The average Bonchev–Trinajstić information content (AvgIpc) is 2.55. The largest absolute Gasteiger partial charge is 0.388 e. The lowest BCUT2D eigenvalue weighted by molar-refractivity contribution is 0.822. The number of aryl methyl sites for hydroxylation is 1. The minimum absolute atomic E-state index is 0.482. The van der Waals surface area contributed by atoms with E-state index in [4.69, 9.17) is 0 Å². The van der Waals surface area contributed by atoms with Crippen LogP contribution >= 0.6 is 0 Å². The summed E-state index contributed by atoms with van der Waals surface area (Å²) in [5.41, 5.74) is 4.06. The summed E-state index contributed by atoms with van der Waals surface area (Å²) in [5, 5.41) is 5.81. The molecule has 0 bridgehead atoms. The van der Waals surface area contributed by atoms with Gasteiger partial charge in [0.2, 0.25) is 0 Å². The van der Waals surface area contributed by atoms with Gasteiger partial charge in [0, 0.05) is 36.4 Å². The van der Waals surface area contributed by atoms with Gasteiger partial charge >= 0.3 is 0 Å². The zero-order valence-electron chi connectivity index (χ0n) is 12.8. The number of rotatable bonds is 4. The number of pyridine rings is 1. The molecule has 21 heavy (non-hydrogen) atoms. The summed E-state index contributed by atoms with van der Waals surface area (Å²) in [7, 11) is 1.97. The molecule has 3 rings (SSSR count). The molecule has 0 aliphatic heterocycles. The van der Waals surface area contributed by atoms with E-state index in [1.54, 1.807) is 0 Å². The van der Waals surface area contributed by atoms with Crippen molar-refractivity contribution >= 4 is 10.8 Å². The quantitative estimate of drug-likeness (QED) is 0.900. The van der Waals surface area contributed by atoms with Gasteiger partial charge in [-0.1, -0.05) is 37.6 Å². The van der Waals surface area contributed by atoms with Crippen molar-refractivity contribution in [3.63, 3.8) is 0 Å². The van der Waals surface area contributed by atoms with Gasteiger partial charge in [0.15, 0.2) is 0 Å².